The number of carbonyl (C=O) groups is 2. The molecule has 3 aromatic carbocycles. The van der Waals surface area contributed by atoms with Crippen LogP contribution in [0.1, 0.15) is 112 Å². The number of sulfonamides is 3. The van der Waals surface area contributed by atoms with Gasteiger partial charge in [0.05, 0.1) is 38.5 Å². The summed E-state index contributed by atoms with van der Waals surface area (Å²) in [6, 6.07) is 12.5. The number of benzene rings is 3. The number of primary sulfonamides is 1. The fourth-order valence-corrected chi connectivity index (χ4v) is 10.3. The molecule has 0 fully saturated rings. The Morgan fingerprint density at radius 1 is 0.623 bits per heavy atom. The Kier molecular flexibility index (Phi) is 20.5. The average Bonchev–Trinajstić information content (AvgIpc) is 3.84. The first-order valence-electron chi connectivity index (χ1n) is 21.4. The molecule has 69 heavy (non-hydrogen) atoms. The summed E-state index contributed by atoms with van der Waals surface area (Å²) in [6.07, 6.45) is 8.03. The second kappa shape index (κ2) is 24.4. The quantitative estimate of drug-likeness (QED) is 0.0678. The zero-order chi connectivity index (χ0) is 52.2. The second-order valence-corrected chi connectivity index (χ2v) is 23.9. The van der Waals surface area contributed by atoms with E-state index in [1.807, 2.05) is 27.7 Å². The second-order valence-electron chi connectivity index (χ2n) is 16.6. The van der Waals surface area contributed by atoms with E-state index in [-0.39, 0.29) is 48.6 Å². The number of sulfone groups is 1. The van der Waals surface area contributed by atoms with Crippen LogP contribution in [0, 0.1) is 0 Å². The zero-order valence-electron chi connectivity index (χ0n) is 40.0. The molecule has 2 amide bonds. The number of anilines is 2. The molecule has 5 rings (SSSR count). The summed E-state index contributed by atoms with van der Waals surface area (Å²) in [4.78, 5) is 32.2. The number of carbonyl (C=O) groups excluding carboxylic acids is 2. The minimum Gasteiger partial charge on any atom is -0.392 e. The molecule has 378 valence electrons. The van der Waals surface area contributed by atoms with Crippen molar-refractivity contribution >= 4 is 63.2 Å². The van der Waals surface area contributed by atoms with E-state index in [2.05, 4.69) is 75.9 Å². The van der Waals surface area contributed by atoms with Gasteiger partial charge in [0.2, 0.25) is 36.0 Å². The maximum Gasteiger partial charge on any atom is 0.331 e. The Hall–Kier alpha value is -5.44. The lowest BCUT2D eigenvalue weighted by Gasteiger charge is -2.20. The van der Waals surface area contributed by atoms with Gasteiger partial charge in [-0.05, 0) is 108 Å². The van der Waals surface area contributed by atoms with Crippen molar-refractivity contribution in [1.29, 1.82) is 0 Å². The van der Waals surface area contributed by atoms with Crippen molar-refractivity contribution < 1.29 is 53.5 Å². The average molecular weight is 1040 g/mol. The summed E-state index contributed by atoms with van der Waals surface area (Å²) in [7, 11) is -13.2. The molecule has 0 saturated carbocycles. The van der Waals surface area contributed by atoms with Crippen molar-refractivity contribution in [1.82, 2.24) is 24.0 Å². The molecule has 8 N–H and O–H groups in total. The highest BCUT2D eigenvalue weighted by atomic mass is 32.2. The van der Waals surface area contributed by atoms with Crippen LogP contribution in [0.15, 0.2) is 105 Å². The van der Waals surface area contributed by atoms with Gasteiger partial charge in [-0.2, -0.15) is 0 Å². The first kappa shape index (κ1) is 57.9. The van der Waals surface area contributed by atoms with Crippen molar-refractivity contribution in [2.45, 2.75) is 112 Å². The van der Waals surface area contributed by atoms with E-state index in [1.54, 1.807) is 24.8 Å². The number of aliphatic hydroxyl groups excluding tert-OH is 2. The van der Waals surface area contributed by atoms with Gasteiger partial charge in [-0.25, -0.2) is 58.0 Å². The van der Waals surface area contributed by atoms with Crippen LogP contribution in [0.3, 0.4) is 0 Å². The van der Waals surface area contributed by atoms with E-state index in [0.29, 0.717) is 17.5 Å². The monoisotopic (exact) mass is 1030 g/mol. The van der Waals surface area contributed by atoms with Gasteiger partial charge >= 0.3 is 6.03 Å². The summed E-state index contributed by atoms with van der Waals surface area (Å²) < 4.78 is 101. The van der Waals surface area contributed by atoms with E-state index in [0.717, 1.165) is 64.3 Å². The Balaban J connectivity index is 0.000000292. The maximum absolute atomic E-state index is 12.8. The van der Waals surface area contributed by atoms with Crippen LogP contribution >= 0.6 is 0 Å². The molecule has 2 aromatic heterocycles. The SMILES string of the molecule is CC(C)c1cccc(C(C)C)c1NC(=O)n1ccnc1.CNS(=O)(=O)c1ccc(S(=O)(=O)CC(=O)Nc2c(C(C)C)cncc2C(C)C)cc1CO.CNS(=O)(=O)c1ccc(S(N)(=O)=O)cc1CO. The Morgan fingerprint density at radius 3 is 1.45 bits per heavy atom. The first-order chi connectivity index (χ1) is 32.1. The predicted molar refractivity (Wildman–Crippen MR) is 263 cm³/mol. The number of nitrogens with one attached hydrogen (secondary N) is 4. The smallest absolute Gasteiger partial charge is 0.331 e. The summed E-state index contributed by atoms with van der Waals surface area (Å²) in [5.74, 6) is -0.743. The van der Waals surface area contributed by atoms with Crippen LogP contribution in [0.25, 0.3) is 0 Å². The highest BCUT2D eigenvalue weighted by Gasteiger charge is 2.26. The van der Waals surface area contributed by atoms with Gasteiger partial charge in [0.1, 0.15) is 12.1 Å². The molecular weight excluding hydrogens is 973 g/mol. The lowest BCUT2D eigenvalue weighted by atomic mass is 9.93. The summed E-state index contributed by atoms with van der Waals surface area (Å²) >= 11 is 0. The molecule has 0 aliphatic carbocycles. The number of pyridine rings is 1. The molecule has 0 bridgehead atoms. The molecule has 20 nitrogen and oxygen atoms in total. The van der Waals surface area contributed by atoms with Crippen LogP contribution in [0.2, 0.25) is 0 Å². The predicted octanol–water partition coefficient (Wildman–Crippen LogP) is 5.09. The molecule has 0 aliphatic rings. The standard InChI is InChI=1S/C21H29N3O6S2.C16H21N3O.C8H12N2O5S2/c1-13(2)17-9-23-10-18(14(3)4)21(17)24-20(26)12-31(27,28)16-6-7-19(15(8-16)11-25)32(29,30)22-5;1-11(2)13-6-5-7-14(12(3)4)15(13)18-16(20)19-9-8-17-10-19;1-10-17(14,15)8-3-2-7(16(9,12)13)4-6(8)5-11/h6-10,13-14,22,25H,11-12H2,1-5H3,(H,23,24,26);5-12H,1-4H3,(H,18,20);2-4,10-11H,5H2,1H3,(H2,9,12,13). The molecular formula is C45H62N8O12S4. The lowest BCUT2D eigenvalue weighted by molar-refractivity contribution is -0.113. The largest absolute Gasteiger partial charge is 0.392 e. The number of aromatic nitrogens is 3. The zero-order valence-corrected chi connectivity index (χ0v) is 43.3. The van der Waals surface area contributed by atoms with Crippen LogP contribution in [-0.2, 0) is 57.9 Å². The van der Waals surface area contributed by atoms with Crippen molar-refractivity contribution in [3.63, 3.8) is 0 Å². The third kappa shape index (κ3) is 15.3. The third-order valence-corrected chi connectivity index (χ3v) is 15.9. The molecule has 0 aliphatic heterocycles. The Bertz CT molecular complexity index is 3000. The Morgan fingerprint density at radius 2 is 1.06 bits per heavy atom. The number of rotatable bonds is 16. The molecule has 2 heterocycles. The number of amides is 2. The van der Waals surface area contributed by atoms with Gasteiger partial charge in [-0.3, -0.25) is 14.3 Å². The number of imidazole rings is 1. The number of hydrogen-bond acceptors (Lipinski definition) is 14. The molecule has 0 radical (unpaired) electrons. The number of nitrogens with zero attached hydrogens (tertiary/aromatic N) is 3. The normalized spacial score (nSPS) is 12.1. The summed E-state index contributed by atoms with van der Waals surface area (Å²) in [5.41, 5.74) is 5.27. The number of aliphatic hydroxyl groups is 2. The van der Waals surface area contributed by atoms with Crippen molar-refractivity contribution in [3.8, 4) is 0 Å². The molecule has 5 aromatic rings. The molecule has 0 saturated heterocycles. The fraction of sp³-hybridized carbons (Fsp3) is 0.378. The van der Waals surface area contributed by atoms with Gasteiger partial charge in [0, 0.05) is 30.5 Å². The number of hydrogen-bond donors (Lipinski definition) is 7. The highest BCUT2D eigenvalue weighted by Crippen LogP contribution is 2.33. The van der Waals surface area contributed by atoms with Crippen molar-refractivity contribution in [3.05, 3.63) is 119 Å². The van der Waals surface area contributed by atoms with Crippen LogP contribution in [-0.4, -0.2) is 90.2 Å². The van der Waals surface area contributed by atoms with E-state index in [4.69, 9.17) is 10.2 Å². The van der Waals surface area contributed by atoms with E-state index >= 15 is 0 Å². The minimum atomic E-state index is -4.10. The van der Waals surface area contributed by atoms with Crippen molar-refractivity contribution in [2.75, 3.05) is 30.5 Å². The molecule has 0 spiro atoms. The van der Waals surface area contributed by atoms with Crippen LogP contribution < -0.4 is 25.2 Å². The topological polar surface area (TPSA) is 316 Å². The van der Waals surface area contributed by atoms with E-state index in [9.17, 15) is 48.4 Å². The van der Waals surface area contributed by atoms with E-state index < -0.39 is 64.8 Å². The van der Waals surface area contributed by atoms with Crippen LogP contribution in [0.5, 0.6) is 0 Å². The molecule has 24 heteroatoms. The maximum atomic E-state index is 12.8. The van der Waals surface area contributed by atoms with Crippen molar-refractivity contribution in [2.24, 2.45) is 5.14 Å². The lowest BCUT2D eigenvalue weighted by Crippen LogP contribution is -2.25. The van der Waals surface area contributed by atoms with Crippen LogP contribution in [0.4, 0.5) is 16.2 Å². The van der Waals surface area contributed by atoms with Gasteiger partial charge in [0.25, 0.3) is 0 Å². The Labute approximate surface area is 405 Å². The van der Waals surface area contributed by atoms with Gasteiger partial charge < -0.3 is 20.8 Å². The number of para-hydroxylation sites is 1. The highest BCUT2D eigenvalue weighted by molar-refractivity contribution is 7.92. The molecule has 0 atom stereocenters. The van der Waals surface area contributed by atoms with Gasteiger partial charge in [-0.15, -0.1) is 0 Å². The summed E-state index contributed by atoms with van der Waals surface area (Å²) in [5, 5.41) is 29.2. The third-order valence-electron chi connectivity index (χ3n) is 10.4. The van der Waals surface area contributed by atoms with E-state index in [1.165, 1.54) is 25.0 Å². The fourth-order valence-electron chi connectivity index (χ4n) is 6.66. The van der Waals surface area contributed by atoms with Gasteiger partial charge in [0.15, 0.2) is 9.84 Å². The first-order valence-corrected chi connectivity index (χ1v) is 27.5. The molecule has 0 unspecified atom stereocenters. The summed E-state index contributed by atoms with van der Waals surface area (Å²) in [6.45, 7) is 15.0. The van der Waals surface area contributed by atoms with Gasteiger partial charge in [-0.1, -0.05) is 73.6 Å². The minimum absolute atomic E-state index is 0.0362. The number of nitrogens with two attached hydrogens (primary N) is 1.